The number of halogens is 2. The Bertz CT molecular complexity index is 1210. The van der Waals surface area contributed by atoms with Gasteiger partial charge in [0.25, 0.3) is 5.91 Å². The minimum absolute atomic E-state index is 0.212. The Hall–Kier alpha value is -3.65. The van der Waals surface area contributed by atoms with Gasteiger partial charge in [-0.25, -0.2) is 13.8 Å². The monoisotopic (exact) mass is 422 g/mol. The lowest BCUT2D eigenvalue weighted by atomic mass is 10.1. The van der Waals surface area contributed by atoms with Crippen LogP contribution in [0.4, 0.5) is 25.3 Å². The molecule has 5 nitrogen and oxygen atoms in total. The number of thiazole rings is 1. The van der Waals surface area contributed by atoms with E-state index in [9.17, 15) is 13.6 Å². The number of aromatic nitrogens is 2. The van der Waals surface area contributed by atoms with Crippen molar-refractivity contribution in [2.75, 3.05) is 10.6 Å². The molecule has 2 heterocycles. The van der Waals surface area contributed by atoms with E-state index < -0.39 is 17.5 Å². The minimum atomic E-state index is -1.10. The van der Waals surface area contributed by atoms with Crippen molar-refractivity contribution in [2.24, 2.45) is 0 Å². The summed E-state index contributed by atoms with van der Waals surface area (Å²) in [6.07, 6.45) is 3.44. The summed E-state index contributed by atoms with van der Waals surface area (Å²) in [6, 6.07) is 12.4. The van der Waals surface area contributed by atoms with Crippen LogP contribution in [0.5, 0.6) is 0 Å². The molecule has 2 aromatic heterocycles. The highest BCUT2D eigenvalue weighted by Crippen LogP contribution is 2.28. The largest absolute Gasteiger partial charge is 0.331 e. The topological polar surface area (TPSA) is 66.9 Å². The van der Waals surface area contributed by atoms with Crippen LogP contribution < -0.4 is 10.6 Å². The molecule has 0 spiro atoms. The van der Waals surface area contributed by atoms with E-state index >= 15 is 0 Å². The molecule has 8 heteroatoms. The second kappa shape index (κ2) is 8.38. The van der Waals surface area contributed by atoms with Crippen LogP contribution in [0.15, 0.2) is 66.3 Å². The number of hydrogen-bond donors (Lipinski definition) is 2. The molecule has 0 unspecified atom stereocenters. The number of pyridine rings is 1. The van der Waals surface area contributed by atoms with Gasteiger partial charge in [-0.1, -0.05) is 12.1 Å². The van der Waals surface area contributed by atoms with Crippen molar-refractivity contribution >= 4 is 33.8 Å². The van der Waals surface area contributed by atoms with Gasteiger partial charge in [0, 0.05) is 34.6 Å². The summed E-state index contributed by atoms with van der Waals surface area (Å²) < 4.78 is 27.2. The zero-order valence-electron chi connectivity index (χ0n) is 15.8. The van der Waals surface area contributed by atoms with Crippen molar-refractivity contribution in [1.82, 2.24) is 9.97 Å². The molecule has 0 saturated carbocycles. The average Bonchev–Trinajstić information content (AvgIpc) is 3.22. The third kappa shape index (κ3) is 4.18. The molecular formula is C22H16F2N4OS. The highest BCUT2D eigenvalue weighted by molar-refractivity contribution is 7.14. The van der Waals surface area contributed by atoms with Gasteiger partial charge in [-0.2, -0.15) is 0 Å². The number of amides is 1. The van der Waals surface area contributed by atoms with Crippen LogP contribution in [-0.2, 0) is 0 Å². The van der Waals surface area contributed by atoms with E-state index in [1.54, 1.807) is 30.6 Å². The third-order valence-corrected chi connectivity index (χ3v) is 5.16. The molecule has 0 bridgehead atoms. The third-order valence-electron chi connectivity index (χ3n) is 4.40. The summed E-state index contributed by atoms with van der Waals surface area (Å²) in [5.41, 5.74) is 3.38. The van der Waals surface area contributed by atoms with Crippen molar-refractivity contribution < 1.29 is 13.6 Å². The highest BCUT2D eigenvalue weighted by Gasteiger charge is 2.14. The van der Waals surface area contributed by atoms with Crippen molar-refractivity contribution in [3.63, 3.8) is 0 Å². The molecule has 30 heavy (non-hydrogen) atoms. The first-order valence-corrected chi connectivity index (χ1v) is 9.88. The maximum absolute atomic E-state index is 13.8. The Kier molecular flexibility index (Phi) is 5.49. The number of carbonyl (C=O) groups excluding carboxylic acids is 1. The summed E-state index contributed by atoms with van der Waals surface area (Å²) >= 11 is 1.43. The normalized spacial score (nSPS) is 10.6. The van der Waals surface area contributed by atoms with Crippen molar-refractivity contribution in [3.8, 4) is 11.3 Å². The zero-order valence-corrected chi connectivity index (χ0v) is 16.6. The van der Waals surface area contributed by atoms with Crippen LogP contribution >= 0.6 is 11.3 Å². The van der Waals surface area contributed by atoms with Gasteiger partial charge in [-0.15, -0.1) is 11.3 Å². The van der Waals surface area contributed by atoms with Crippen LogP contribution in [0, 0.1) is 18.6 Å². The molecular weight excluding hydrogens is 406 g/mol. The molecule has 0 atom stereocenters. The lowest BCUT2D eigenvalue weighted by molar-refractivity contribution is 0.102. The first kappa shape index (κ1) is 19.7. The zero-order chi connectivity index (χ0) is 21.1. The van der Waals surface area contributed by atoms with E-state index in [0.29, 0.717) is 16.4 Å². The van der Waals surface area contributed by atoms with Crippen LogP contribution in [-0.4, -0.2) is 15.9 Å². The maximum atomic E-state index is 13.8. The molecule has 2 N–H and O–H groups in total. The van der Waals surface area contributed by atoms with Crippen molar-refractivity contribution in [2.45, 2.75) is 6.92 Å². The molecule has 150 valence electrons. The van der Waals surface area contributed by atoms with E-state index in [1.807, 2.05) is 24.4 Å². The molecule has 0 aliphatic rings. The van der Waals surface area contributed by atoms with Gasteiger partial charge in [-0.05, 0) is 48.9 Å². The summed E-state index contributed by atoms with van der Waals surface area (Å²) in [7, 11) is 0. The quantitative estimate of drug-likeness (QED) is 0.427. The molecule has 0 aliphatic carbocycles. The van der Waals surface area contributed by atoms with E-state index in [1.165, 1.54) is 23.5 Å². The van der Waals surface area contributed by atoms with Gasteiger partial charge in [0.2, 0.25) is 0 Å². The van der Waals surface area contributed by atoms with Crippen LogP contribution in [0.2, 0.25) is 0 Å². The van der Waals surface area contributed by atoms with E-state index in [2.05, 4.69) is 20.6 Å². The fraction of sp³-hybridized carbons (Fsp3) is 0.0455. The van der Waals surface area contributed by atoms with Gasteiger partial charge in [0.05, 0.1) is 11.4 Å². The van der Waals surface area contributed by atoms with Gasteiger partial charge < -0.3 is 10.6 Å². The Morgan fingerprint density at radius 3 is 2.73 bits per heavy atom. The number of benzene rings is 2. The number of anilines is 3. The number of rotatable bonds is 5. The predicted octanol–water partition coefficient (Wildman–Crippen LogP) is 5.79. The van der Waals surface area contributed by atoms with E-state index in [-0.39, 0.29) is 5.69 Å². The minimum Gasteiger partial charge on any atom is -0.331 e. The Morgan fingerprint density at radius 2 is 1.93 bits per heavy atom. The fourth-order valence-electron chi connectivity index (χ4n) is 2.79. The molecule has 2 aromatic carbocycles. The Labute approximate surface area is 175 Å². The first-order valence-electron chi connectivity index (χ1n) is 9.00. The van der Waals surface area contributed by atoms with Crippen molar-refractivity contribution in [3.05, 3.63) is 89.1 Å². The number of carbonyl (C=O) groups is 1. The van der Waals surface area contributed by atoms with Gasteiger partial charge >= 0.3 is 0 Å². The summed E-state index contributed by atoms with van der Waals surface area (Å²) in [5.74, 6) is -2.66. The second-order valence-corrected chi connectivity index (χ2v) is 7.35. The molecule has 4 rings (SSSR count). The Balaban J connectivity index is 1.54. The van der Waals surface area contributed by atoms with Crippen molar-refractivity contribution in [1.29, 1.82) is 0 Å². The molecule has 0 radical (unpaired) electrons. The predicted molar refractivity (Wildman–Crippen MR) is 114 cm³/mol. The lowest BCUT2D eigenvalue weighted by Crippen LogP contribution is -2.14. The summed E-state index contributed by atoms with van der Waals surface area (Å²) in [6.45, 7) is 1.89. The standard InChI is InChI=1S/C22H16F2N4OS/c1-13-7-8-14(21(29)26-17-6-2-5-16(23)20(17)24)10-18(13)27-22-28-19(12-30-22)15-4-3-9-25-11-15/h2-12H,1H3,(H,26,29)(H,27,28). The molecule has 0 fully saturated rings. The summed E-state index contributed by atoms with van der Waals surface area (Å²) in [4.78, 5) is 21.2. The smallest absolute Gasteiger partial charge is 0.255 e. The average molecular weight is 422 g/mol. The molecule has 1 amide bonds. The fourth-order valence-corrected chi connectivity index (χ4v) is 3.52. The van der Waals surface area contributed by atoms with Crippen LogP contribution in [0.1, 0.15) is 15.9 Å². The van der Waals surface area contributed by atoms with Crippen LogP contribution in [0.25, 0.3) is 11.3 Å². The maximum Gasteiger partial charge on any atom is 0.255 e. The molecule has 0 aliphatic heterocycles. The number of aryl methyl sites for hydroxylation is 1. The van der Waals surface area contributed by atoms with E-state index in [0.717, 1.165) is 22.9 Å². The number of nitrogens with zero attached hydrogens (tertiary/aromatic N) is 2. The molecule has 0 saturated heterocycles. The number of nitrogens with one attached hydrogen (secondary N) is 2. The highest BCUT2D eigenvalue weighted by atomic mass is 32.1. The number of hydrogen-bond acceptors (Lipinski definition) is 5. The van der Waals surface area contributed by atoms with Gasteiger partial charge in [0.1, 0.15) is 0 Å². The SMILES string of the molecule is Cc1ccc(C(=O)Nc2cccc(F)c2F)cc1Nc1nc(-c2cccnc2)cs1. The van der Waals surface area contributed by atoms with E-state index in [4.69, 9.17) is 0 Å². The lowest BCUT2D eigenvalue weighted by Gasteiger charge is -2.11. The molecule has 4 aromatic rings. The van der Waals surface area contributed by atoms with Gasteiger partial charge in [-0.3, -0.25) is 9.78 Å². The Morgan fingerprint density at radius 1 is 1.07 bits per heavy atom. The van der Waals surface area contributed by atoms with Gasteiger partial charge in [0.15, 0.2) is 16.8 Å². The summed E-state index contributed by atoms with van der Waals surface area (Å²) in [5, 5.41) is 8.19. The first-order chi connectivity index (χ1) is 14.5. The van der Waals surface area contributed by atoms with Crippen LogP contribution in [0.3, 0.4) is 0 Å². The second-order valence-electron chi connectivity index (χ2n) is 6.49.